The van der Waals surface area contributed by atoms with Crippen molar-refractivity contribution >= 4 is 28.1 Å². The van der Waals surface area contributed by atoms with Crippen molar-refractivity contribution in [2.45, 2.75) is 6.18 Å². The maximum Gasteiger partial charge on any atom is 0.416 e. The molecule has 0 atom stereocenters. The molecule has 1 aliphatic rings. The van der Waals surface area contributed by atoms with Gasteiger partial charge in [0.05, 0.1) is 21.4 Å². The van der Waals surface area contributed by atoms with Gasteiger partial charge in [-0.25, -0.2) is 14.4 Å². The Bertz CT molecular complexity index is 1110. The van der Waals surface area contributed by atoms with Gasteiger partial charge in [0.15, 0.2) is 0 Å². The second-order valence-electron chi connectivity index (χ2n) is 6.76. The van der Waals surface area contributed by atoms with Crippen LogP contribution < -0.4 is 9.80 Å². The van der Waals surface area contributed by atoms with E-state index >= 15 is 0 Å². The Morgan fingerprint density at radius 3 is 2.37 bits per heavy atom. The molecule has 0 spiro atoms. The highest BCUT2D eigenvalue weighted by atomic mass is 19.4. The third-order valence-corrected chi connectivity index (χ3v) is 5.01. The molecule has 156 valence electrons. The monoisotopic (exact) mass is 421 g/mol. The molecule has 4 rings (SSSR count). The lowest BCUT2D eigenvalue weighted by molar-refractivity contribution is -0.384. The first-order valence-corrected chi connectivity index (χ1v) is 9.00. The molecule has 1 aromatic heterocycles. The van der Waals surface area contributed by atoms with Crippen LogP contribution in [0.5, 0.6) is 0 Å². The normalized spacial score (nSPS) is 14.9. The lowest BCUT2D eigenvalue weighted by atomic mass is 10.1. The number of hydrogen-bond donors (Lipinski definition) is 0. The van der Waals surface area contributed by atoms with Crippen molar-refractivity contribution in [2.24, 2.45) is 0 Å². The van der Waals surface area contributed by atoms with E-state index in [0.717, 1.165) is 12.1 Å². The lowest BCUT2D eigenvalue weighted by Gasteiger charge is -2.36. The third-order valence-electron chi connectivity index (χ3n) is 5.01. The zero-order chi connectivity index (χ0) is 21.5. The maximum absolute atomic E-state index is 14.3. The molecule has 3 aromatic rings. The number of nitrogens with zero attached hydrogens (tertiary/aromatic N) is 5. The zero-order valence-electron chi connectivity index (χ0n) is 15.4. The Morgan fingerprint density at radius 2 is 1.70 bits per heavy atom. The van der Waals surface area contributed by atoms with Gasteiger partial charge in [0, 0.05) is 32.2 Å². The van der Waals surface area contributed by atoms with E-state index in [1.165, 1.54) is 12.4 Å². The minimum atomic E-state index is -4.67. The van der Waals surface area contributed by atoms with Gasteiger partial charge in [-0.15, -0.1) is 0 Å². The van der Waals surface area contributed by atoms with E-state index in [4.69, 9.17) is 0 Å². The Hall–Kier alpha value is -3.50. The molecule has 0 bridgehead atoms. The van der Waals surface area contributed by atoms with E-state index in [2.05, 4.69) is 9.97 Å². The molecule has 0 saturated carbocycles. The highest BCUT2D eigenvalue weighted by Crippen LogP contribution is 2.37. The van der Waals surface area contributed by atoms with Crippen LogP contribution in [0.1, 0.15) is 5.56 Å². The summed E-state index contributed by atoms with van der Waals surface area (Å²) in [5, 5.41) is 11.6. The number of alkyl halides is 3. The molecule has 0 radical (unpaired) electrons. The number of aromatic nitrogens is 2. The van der Waals surface area contributed by atoms with Crippen LogP contribution in [0.15, 0.2) is 42.7 Å². The summed E-state index contributed by atoms with van der Waals surface area (Å²) in [5.74, 6) is -0.0384. The first kappa shape index (κ1) is 19.8. The molecule has 1 saturated heterocycles. The molecule has 0 amide bonds. The summed E-state index contributed by atoms with van der Waals surface area (Å²) in [6.45, 7) is 1.32. The van der Waals surface area contributed by atoms with Gasteiger partial charge in [-0.1, -0.05) is 6.07 Å². The molecule has 30 heavy (non-hydrogen) atoms. The summed E-state index contributed by atoms with van der Waals surface area (Å²) in [6.07, 6.45) is -3.33. The van der Waals surface area contributed by atoms with E-state index < -0.39 is 28.2 Å². The maximum atomic E-state index is 14.3. The average Bonchev–Trinajstić information content (AvgIpc) is 2.72. The van der Waals surface area contributed by atoms with Crippen LogP contribution in [-0.4, -0.2) is 41.1 Å². The minimum absolute atomic E-state index is 0.117. The smallest absolute Gasteiger partial charge is 0.362 e. The molecule has 1 aliphatic heterocycles. The summed E-state index contributed by atoms with van der Waals surface area (Å²) >= 11 is 0. The van der Waals surface area contributed by atoms with Gasteiger partial charge in [-0.2, -0.15) is 13.2 Å². The minimum Gasteiger partial charge on any atom is -0.362 e. The summed E-state index contributed by atoms with van der Waals surface area (Å²) in [7, 11) is 0. The van der Waals surface area contributed by atoms with Crippen LogP contribution in [0.2, 0.25) is 0 Å². The van der Waals surface area contributed by atoms with Crippen LogP contribution in [0.25, 0.3) is 10.9 Å². The lowest BCUT2D eigenvalue weighted by Crippen LogP contribution is -2.47. The number of benzene rings is 2. The Morgan fingerprint density at radius 1 is 1.00 bits per heavy atom. The van der Waals surface area contributed by atoms with Crippen LogP contribution in [0, 0.1) is 15.9 Å². The van der Waals surface area contributed by atoms with Gasteiger partial charge in [-0.05, 0) is 24.3 Å². The number of halogens is 4. The third kappa shape index (κ3) is 3.58. The van der Waals surface area contributed by atoms with Crippen molar-refractivity contribution in [2.75, 3.05) is 36.0 Å². The van der Waals surface area contributed by atoms with Gasteiger partial charge in [0.25, 0.3) is 5.69 Å². The first-order valence-electron chi connectivity index (χ1n) is 9.00. The van der Waals surface area contributed by atoms with Crippen LogP contribution in [0.3, 0.4) is 0 Å². The Kier molecular flexibility index (Phi) is 4.88. The van der Waals surface area contributed by atoms with E-state index in [9.17, 15) is 27.7 Å². The summed E-state index contributed by atoms with van der Waals surface area (Å²) in [5.41, 5.74) is -1.09. The Balaban J connectivity index is 1.60. The molecule has 7 nitrogen and oxygen atoms in total. The van der Waals surface area contributed by atoms with Gasteiger partial charge >= 0.3 is 6.18 Å². The van der Waals surface area contributed by atoms with Crippen molar-refractivity contribution in [3.8, 4) is 0 Å². The Labute approximate surface area is 167 Å². The van der Waals surface area contributed by atoms with Gasteiger partial charge in [-0.3, -0.25) is 10.1 Å². The summed E-state index contributed by atoms with van der Waals surface area (Å²) in [4.78, 5) is 22.3. The molecule has 0 N–H and O–H groups in total. The topological polar surface area (TPSA) is 75.4 Å². The van der Waals surface area contributed by atoms with Gasteiger partial charge in [0.2, 0.25) is 0 Å². The number of fused-ring (bicyclic) bond motifs is 1. The molecule has 1 fully saturated rings. The van der Waals surface area contributed by atoms with Crippen molar-refractivity contribution < 1.29 is 22.5 Å². The fraction of sp³-hybridized carbons (Fsp3) is 0.263. The standard InChI is InChI=1S/C19H15F4N5O2/c20-13-2-1-3-14-17(13)18(25-11-24-14)27-8-6-26(7-9-27)15-5-4-12(19(21,22)23)10-16(15)28(29)30/h1-5,10-11H,6-9H2. The number of hydrogen-bond acceptors (Lipinski definition) is 6. The predicted octanol–water partition coefficient (Wildman–Crippen LogP) is 4.02. The van der Waals surface area contributed by atoms with Crippen molar-refractivity contribution in [1.29, 1.82) is 0 Å². The molecular weight excluding hydrogens is 406 g/mol. The van der Waals surface area contributed by atoms with Gasteiger partial charge in [0.1, 0.15) is 23.6 Å². The van der Waals surface area contributed by atoms with Crippen molar-refractivity contribution in [1.82, 2.24) is 9.97 Å². The molecule has 0 unspecified atom stereocenters. The first-order chi connectivity index (χ1) is 14.3. The number of nitro groups is 1. The van der Waals surface area contributed by atoms with Crippen LogP contribution in [0.4, 0.5) is 34.8 Å². The fourth-order valence-electron chi connectivity index (χ4n) is 3.56. The largest absolute Gasteiger partial charge is 0.416 e. The highest BCUT2D eigenvalue weighted by molar-refractivity contribution is 5.90. The SMILES string of the molecule is O=[N+]([O-])c1cc(C(F)(F)F)ccc1N1CCN(c2ncnc3cccc(F)c23)CC1. The number of rotatable bonds is 3. The fourth-order valence-corrected chi connectivity index (χ4v) is 3.56. The van der Waals surface area contributed by atoms with E-state index in [1.807, 2.05) is 4.90 Å². The zero-order valence-corrected chi connectivity index (χ0v) is 15.4. The summed E-state index contributed by atoms with van der Waals surface area (Å²) < 4.78 is 53.1. The molecular formula is C19H15F4N5O2. The quantitative estimate of drug-likeness (QED) is 0.361. The predicted molar refractivity (Wildman–Crippen MR) is 102 cm³/mol. The number of anilines is 2. The van der Waals surface area contributed by atoms with Crippen LogP contribution >= 0.6 is 0 Å². The molecule has 2 heterocycles. The average molecular weight is 421 g/mol. The second kappa shape index (κ2) is 7.39. The highest BCUT2D eigenvalue weighted by Gasteiger charge is 2.34. The molecule has 0 aliphatic carbocycles. The van der Waals surface area contributed by atoms with Gasteiger partial charge < -0.3 is 9.80 Å². The van der Waals surface area contributed by atoms with E-state index in [0.29, 0.717) is 43.6 Å². The van der Waals surface area contributed by atoms with E-state index in [1.54, 1.807) is 17.0 Å². The van der Waals surface area contributed by atoms with Crippen LogP contribution in [-0.2, 0) is 6.18 Å². The van der Waals surface area contributed by atoms with E-state index in [-0.39, 0.29) is 11.1 Å². The van der Waals surface area contributed by atoms with Crippen molar-refractivity contribution in [3.63, 3.8) is 0 Å². The summed E-state index contributed by atoms with van der Waals surface area (Å²) in [6, 6.07) is 7.05. The number of piperazine rings is 1. The second-order valence-corrected chi connectivity index (χ2v) is 6.76. The number of nitro benzene ring substituents is 1. The van der Waals surface area contributed by atoms with Crippen molar-refractivity contribution in [3.05, 3.63) is 64.2 Å². The molecule has 11 heteroatoms. The molecule has 2 aromatic carbocycles.